The van der Waals surface area contributed by atoms with Gasteiger partial charge in [0.15, 0.2) is 5.37 Å². The second-order valence-electron chi connectivity index (χ2n) is 2.52. The van der Waals surface area contributed by atoms with E-state index in [1.807, 2.05) is 0 Å². The van der Waals surface area contributed by atoms with Crippen LogP contribution in [-0.4, -0.2) is 39.7 Å². The lowest BCUT2D eigenvalue weighted by molar-refractivity contribution is -0.148. The van der Waals surface area contributed by atoms with E-state index in [4.69, 9.17) is 10.2 Å². The number of thioether (sulfide) groups is 1. The molecule has 0 heterocycles. The SMILES string of the molecule is CSC(NC(=O)C(C)C(=O)O)C(=O)O. The van der Waals surface area contributed by atoms with E-state index >= 15 is 0 Å². The Kier molecular flexibility index (Phi) is 5.00. The smallest absolute Gasteiger partial charge is 0.336 e. The molecular formula is C7H11NO5S. The molecule has 7 heteroatoms. The van der Waals surface area contributed by atoms with E-state index in [1.54, 1.807) is 0 Å². The fraction of sp³-hybridized carbons (Fsp3) is 0.571. The molecule has 0 spiro atoms. The highest BCUT2D eigenvalue weighted by atomic mass is 32.2. The molecule has 2 atom stereocenters. The number of carbonyl (C=O) groups excluding carboxylic acids is 1. The summed E-state index contributed by atoms with van der Waals surface area (Å²) in [5.41, 5.74) is 0. The zero-order valence-electron chi connectivity index (χ0n) is 7.68. The summed E-state index contributed by atoms with van der Waals surface area (Å²) in [5.74, 6) is -4.54. The monoisotopic (exact) mass is 221 g/mol. The number of carboxylic acid groups (broad SMARTS) is 2. The first-order valence-corrected chi connectivity index (χ1v) is 4.97. The lowest BCUT2D eigenvalue weighted by Crippen LogP contribution is -2.42. The second-order valence-corrected chi connectivity index (χ2v) is 3.47. The van der Waals surface area contributed by atoms with Crippen molar-refractivity contribution in [2.45, 2.75) is 12.3 Å². The van der Waals surface area contributed by atoms with E-state index in [-0.39, 0.29) is 0 Å². The second kappa shape index (κ2) is 5.48. The van der Waals surface area contributed by atoms with Gasteiger partial charge in [-0.1, -0.05) is 0 Å². The van der Waals surface area contributed by atoms with E-state index in [0.29, 0.717) is 0 Å². The van der Waals surface area contributed by atoms with E-state index < -0.39 is 29.1 Å². The summed E-state index contributed by atoms with van der Waals surface area (Å²) in [4.78, 5) is 31.9. The lowest BCUT2D eigenvalue weighted by Gasteiger charge is -2.13. The molecule has 0 saturated heterocycles. The number of aliphatic carboxylic acids is 2. The number of carbonyl (C=O) groups is 3. The van der Waals surface area contributed by atoms with E-state index in [9.17, 15) is 14.4 Å². The molecule has 14 heavy (non-hydrogen) atoms. The van der Waals surface area contributed by atoms with E-state index in [1.165, 1.54) is 13.2 Å². The van der Waals surface area contributed by atoms with Crippen LogP contribution in [0.4, 0.5) is 0 Å². The van der Waals surface area contributed by atoms with Crippen molar-refractivity contribution in [3.63, 3.8) is 0 Å². The number of hydrogen-bond donors (Lipinski definition) is 3. The average molecular weight is 221 g/mol. The molecule has 0 aliphatic carbocycles. The van der Waals surface area contributed by atoms with Crippen LogP contribution < -0.4 is 5.32 Å². The van der Waals surface area contributed by atoms with Gasteiger partial charge in [0.05, 0.1) is 0 Å². The van der Waals surface area contributed by atoms with Crippen molar-refractivity contribution in [1.82, 2.24) is 5.32 Å². The van der Waals surface area contributed by atoms with Crippen molar-refractivity contribution in [2.24, 2.45) is 5.92 Å². The van der Waals surface area contributed by atoms with E-state index in [2.05, 4.69) is 5.32 Å². The summed E-state index contributed by atoms with van der Waals surface area (Å²) in [5, 5.41) is 18.0. The Morgan fingerprint density at radius 1 is 1.21 bits per heavy atom. The number of amides is 1. The fourth-order valence-corrected chi connectivity index (χ4v) is 1.02. The minimum absolute atomic E-state index is 0.806. The van der Waals surface area contributed by atoms with Crippen LogP contribution in [0, 0.1) is 5.92 Å². The van der Waals surface area contributed by atoms with E-state index in [0.717, 1.165) is 11.8 Å². The minimum atomic E-state index is -1.28. The Morgan fingerprint density at radius 2 is 1.71 bits per heavy atom. The van der Waals surface area contributed by atoms with Crippen LogP contribution in [0.25, 0.3) is 0 Å². The third-order valence-electron chi connectivity index (χ3n) is 1.50. The van der Waals surface area contributed by atoms with Crippen LogP contribution >= 0.6 is 11.8 Å². The van der Waals surface area contributed by atoms with Crippen molar-refractivity contribution in [2.75, 3.05) is 6.26 Å². The van der Waals surface area contributed by atoms with Gasteiger partial charge < -0.3 is 15.5 Å². The summed E-state index contributed by atoms with van der Waals surface area (Å²) in [6, 6.07) is 0. The maximum atomic E-state index is 11.1. The summed E-state index contributed by atoms with van der Waals surface area (Å²) in [6.45, 7) is 1.19. The van der Waals surface area contributed by atoms with Crippen LogP contribution in [0.2, 0.25) is 0 Å². The Bertz CT molecular complexity index is 254. The highest BCUT2D eigenvalue weighted by molar-refractivity contribution is 7.99. The molecule has 0 saturated carbocycles. The first-order chi connectivity index (χ1) is 6.40. The molecule has 0 fully saturated rings. The van der Waals surface area contributed by atoms with Crippen molar-refractivity contribution < 1.29 is 24.6 Å². The predicted molar refractivity (Wildman–Crippen MR) is 49.9 cm³/mol. The molecular weight excluding hydrogens is 210 g/mol. The van der Waals surface area contributed by atoms with Gasteiger partial charge in [-0.3, -0.25) is 9.59 Å². The first kappa shape index (κ1) is 12.8. The van der Waals surface area contributed by atoms with Crippen LogP contribution in [0.5, 0.6) is 0 Å². The summed E-state index contributed by atoms with van der Waals surface area (Å²) in [6.07, 6.45) is 1.50. The minimum Gasteiger partial charge on any atom is -0.481 e. The lowest BCUT2D eigenvalue weighted by atomic mass is 10.2. The van der Waals surface area contributed by atoms with Gasteiger partial charge in [0.2, 0.25) is 5.91 Å². The highest BCUT2D eigenvalue weighted by Gasteiger charge is 2.25. The van der Waals surface area contributed by atoms with Crippen LogP contribution in [-0.2, 0) is 14.4 Å². The molecule has 6 nitrogen and oxygen atoms in total. The number of nitrogens with one attached hydrogen (secondary N) is 1. The maximum absolute atomic E-state index is 11.1. The van der Waals surface area contributed by atoms with Crippen molar-refractivity contribution >= 4 is 29.6 Å². The summed E-state index contributed by atoms with van der Waals surface area (Å²) < 4.78 is 0. The molecule has 0 rings (SSSR count). The van der Waals surface area contributed by atoms with Gasteiger partial charge in [-0.15, -0.1) is 11.8 Å². The van der Waals surface area contributed by atoms with Gasteiger partial charge in [0.25, 0.3) is 0 Å². The molecule has 0 aliphatic rings. The Hall–Kier alpha value is -1.24. The Morgan fingerprint density at radius 3 is 2.00 bits per heavy atom. The largest absolute Gasteiger partial charge is 0.481 e. The zero-order valence-corrected chi connectivity index (χ0v) is 8.50. The molecule has 0 radical (unpaired) electrons. The molecule has 1 amide bonds. The molecule has 0 aromatic heterocycles. The van der Waals surface area contributed by atoms with Gasteiger partial charge in [-0.05, 0) is 13.2 Å². The average Bonchev–Trinajstić information content (AvgIpc) is 2.11. The van der Waals surface area contributed by atoms with Crippen LogP contribution in [0.15, 0.2) is 0 Å². The number of rotatable bonds is 5. The Labute approximate surface area is 84.7 Å². The van der Waals surface area contributed by atoms with Gasteiger partial charge >= 0.3 is 11.9 Å². The quantitative estimate of drug-likeness (QED) is 0.431. The van der Waals surface area contributed by atoms with Crippen molar-refractivity contribution in [3.05, 3.63) is 0 Å². The third-order valence-corrected chi connectivity index (χ3v) is 2.29. The maximum Gasteiger partial charge on any atom is 0.336 e. The standard InChI is InChI=1S/C7H11NO5S/c1-3(6(10)11)4(9)8-5(14-2)7(12)13/h3,5H,1-2H3,(H,8,9)(H,10,11)(H,12,13). The number of carboxylic acids is 2. The molecule has 0 aliphatic heterocycles. The van der Waals surface area contributed by atoms with Crippen LogP contribution in [0.3, 0.4) is 0 Å². The normalized spacial score (nSPS) is 14.1. The van der Waals surface area contributed by atoms with Gasteiger partial charge in [-0.2, -0.15) is 0 Å². The molecule has 3 N–H and O–H groups in total. The molecule has 0 bridgehead atoms. The zero-order chi connectivity index (χ0) is 11.3. The highest BCUT2D eigenvalue weighted by Crippen LogP contribution is 2.04. The fourth-order valence-electron chi connectivity index (χ4n) is 0.588. The van der Waals surface area contributed by atoms with Crippen molar-refractivity contribution in [1.29, 1.82) is 0 Å². The van der Waals surface area contributed by atoms with Gasteiger partial charge in [-0.25, -0.2) is 4.79 Å². The van der Waals surface area contributed by atoms with Crippen LogP contribution in [0.1, 0.15) is 6.92 Å². The molecule has 0 aromatic carbocycles. The molecule has 0 aromatic rings. The molecule has 2 unspecified atom stereocenters. The van der Waals surface area contributed by atoms with Gasteiger partial charge in [0, 0.05) is 0 Å². The first-order valence-electron chi connectivity index (χ1n) is 3.69. The van der Waals surface area contributed by atoms with Gasteiger partial charge in [0.1, 0.15) is 5.92 Å². The topological polar surface area (TPSA) is 104 Å². The molecule has 80 valence electrons. The third kappa shape index (κ3) is 3.65. The predicted octanol–water partition coefficient (Wildman–Crippen LogP) is -0.403. The van der Waals surface area contributed by atoms with Crippen molar-refractivity contribution in [3.8, 4) is 0 Å². The summed E-state index contributed by atoms with van der Waals surface area (Å²) in [7, 11) is 0. The summed E-state index contributed by atoms with van der Waals surface area (Å²) >= 11 is 0.911. The Balaban J connectivity index is 4.29. The number of hydrogen-bond acceptors (Lipinski definition) is 4.